The second kappa shape index (κ2) is 6.74. The van der Waals surface area contributed by atoms with Gasteiger partial charge in [0.05, 0.1) is 10.6 Å². The van der Waals surface area contributed by atoms with Crippen molar-refractivity contribution in [3.63, 3.8) is 0 Å². The molecule has 27 heavy (non-hydrogen) atoms. The maximum Gasteiger partial charge on any atom is 0.269 e. The van der Waals surface area contributed by atoms with Crippen molar-refractivity contribution < 1.29 is 13.2 Å². The summed E-state index contributed by atoms with van der Waals surface area (Å²) in [5.41, 5.74) is 1.99. The predicted octanol–water partition coefficient (Wildman–Crippen LogP) is 3.89. The molecule has 3 aromatic carbocycles. The van der Waals surface area contributed by atoms with Crippen LogP contribution in [-0.2, 0) is 14.6 Å². The summed E-state index contributed by atoms with van der Waals surface area (Å²) in [6.07, 6.45) is 0. The van der Waals surface area contributed by atoms with Crippen LogP contribution in [0, 0.1) is 0 Å². The number of benzene rings is 3. The Labute approximate surface area is 157 Å². The Balaban J connectivity index is 1.83. The molecule has 0 spiro atoms. The molecule has 3 aromatic rings. The number of hydrogen-bond acceptors (Lipinski definition) is 4. The van der Waals surface area contributed by atoms with Gasteiger partial charge in [0.2, 0.25) is 9.84 Å². The Hall–Kier alpha value is -3.38. The molecule has 4 rings (SSSR count). The van der Waals surface area contributed by atoms with E-state index in [0.29, 0.717) is 16.9 Å². The summed E-state index contributed by atoms with van der Waals surface area (Å²) >= 11 is 0. The summed E-state index contributed by atoms with van der Waals surface area (Å²) in [6, 6.07) is 24.5. The molecular formula is C21H16N2O3S. The second-order valence-corrected chi connectivity index (χ2v) is 7.87. The molecule has 0 bridgehead atoms. The molecule has 0 aliphatic carbocycles. The Kier molecular flexibility index (Phi) is 4.25. The lowest BCUT2D eigenvalue weighted by Gasteiger charge is -2.11. The zero-order valence-electron chi connectivity index (χ0n) is 14.2. The van der Waals surface area contributed by atoms with Crippen molar-refractivity contribution in [2.24, 2.45) is 0 Å². The number of amides is 1. The van der Waals surface area contributed by atoms with Crippen molar-refractivity contribution in [3.05, 3.63) is 95.4 Å². The van der Waals surface area contributed by atoms with E-state index < -0.39 is 15.7 Å². The third-order valence-corrected chi connectivity index (χ3v) is 6.08. The van der Waals surface area contributed by atoms with Crippen LogP contribution in [0.15, 0.2) is 94.7 Å². The van der Waals surface area contributed by atoms with Crippen LogP contribution < -0.4 is 10.6 Å². The quantitative estimate of drug-likeness (QED) is 0.724. The maximum absolute atomic E-state index is 13.1. The maximum atomic E-state index is 13.1. The molecule has 0 saturated carbocycles. The molecule has 0 saturated heterocycles. The molecule has 0 fully saturated rings. The highest BCUT2D eigenvalue weighted by atomic mass is 32.2. The van der Waals surface area contributed by atoms with Crippen LogP contribution in [0.25, 0.3) is 5.70 Å². The summed E-state index contributed by atoms with van der Waals surface area (Å²) in [5.74, 6) is -0.671. The Morgan fingerprint density at radius 2 is 1.26 bits per heavy atom. The molecule has 0 atom stereocenters. The first kappa shape index (κ1) is 17.1. The number of nitrogens with one attached hydrogen (secondary N) is 2. The van der Waals surface area contributed by atoms with E-state index in [-0.39, 0.29) is 15.5 Å². The number of sulfone groups is 1. The number of carbonyl (C=O) groups is 1. The molecule has 5 nitrogen and oxygen atoms in total. The van der Waals surface area contributed by atoms with E-state index in [1.165, 1.54) is 6.07 Å². The number of rotatable bonds is 4. The molecule has 0 radical (unpaired) electrons. The van der Waals surface area contributed by atoms with Crippen LogP contribution >= 0.6 is 0 Å². The van der Waals surface area contributed by atoms with Gasteiger partial charge in [0.25, 0.3) is 5.91 Å². The number of carbonyl (C=O) groups excluding carboxylic acids is 1. The zero-order valence-corrected chi connectivity index (χ0v) is 15.0. The van der Waals surface area contributed by atoms with Gasteiger partial charge in [-0.1, -0.05) is 54.6 Å². The van der Waals surface area contributed by atoms with Gasteiger partial charge in [-0.3, -0.25) is 4.79 Å². The first-order valence-corrected chi connectivity index (χ1v) is 9.83. The number of anilines is 2. The highest BCUT2D eigenvalue weighted by Crippen LogP contribution is 2.39. The van der Waals surface area contributed by atoms with Gasteiger partial charge in [0, 0.05) is 16.9 Å². The minimum absolute atomic E-state index is 0.127. The van der Waals surface area contributed by atoms with Gasteiger partial charge in [0.15, 0.2) is 4.91 Å². The zero-order chi connectivity index (χ0) is 18.9. The summed E-state index contributed by atoms with van der Waals surface area (Å²) < 4.78 is 26.1. The number of para-hydroxylation sites is 2. The Morgan fingerprint density at radius 1 is 0.704 bits per heavy atom. The molecule has 0 unspecified atom stereocenters. The van der Waals surface area contributed by atoms with Crippen LogP contribution in [0.3, 0.4) is 0 Å². The molecule has 134 valence electrons. The lowest BCUT2D eigenvalue weighted by Crippen LogP contribution is -2.20. The van der Waals surface area contributed by atoms with Crippen LogP contribution in [0.5, 0.6) is 0 Å². The fraction of sp³-hybridized carbons (Fsp3) is 0. The van der Waals surface area contributed by atoms with E-state index in [0.717, 1.165) is 0 Å². The summed E-state index contributed by atoms with van der Waals surface area (Å²) in [6.45, 7) is 0. The van der Waals surface area contributed by atoms with E-state index in [1.807, 2.05) is 36.4 Å². The van der Waals surface area contributed by atoms with E-state index in [4.69, 9.17) is 0 Å². The van der Waals surface area contributed by atoms with Crippen molar-refractivity contribution in [1.82, 2.24) is 0 Å². The topological polar surface area (TPSA) is 75.3 Å². The molecule has 1 aliphatic rings. The van der Waals surface area contributed by atoms with Gasteiger partial charge < -0.3 is 10.6 Å². The molecule has 1 aliphatic heterocycles. The lowest BCUT2D eigenvalue weighted by atomic mass is 10.1. The van der Waals surface area contributed by atoms with Crippen molar-refractivity contribution in [3.8, 4) is 0 Å². The summed E-state index contributed by atoms with van der Waals surface area (Å²) in [7, 11) is -3.93. The second-order valence-electron chi connectivity index (χ2n) is 6.01. The molecule has 6 heteroatoms. The standard InChI is InChI=1S/C21H16N2O3S/c24-21(23-16-11-5-2-6-12-16)20-19(22-15-9-3-1-4-10-15)17-13-7-8-14-18(17)27(20,25)26/h1-14,22H,(H,23,24). The summed E-state index contributed by atoms with van der Waals surface area (Å²) in [5, 5.41) is 5.78. The average Bonchev–Trinajstić information content (AvgIpc) is 2.91. The third-order valence-electron chi connectivity index (χ3n) is 4.22. The molecule has 1 heterocycles. The SMILES string of the molecule is O=C(Nc1ccccc1)C1=C(Nc2ccccc2)c2ccccc2S1(=O)=O. The van der Waals surface area contributed by atoms with E-state index in [1.54, 1.807) is 42.5 Å². The van der Waals surface area contributed by atoms with Gasteiger partial charge in [-0.05, 0) is 30.3 Å². The van der Waals surface area contributed by atoms with Crippen LogP contribution in [0.1, 0.15) is 5.56 Å². The normalized spacial score (nSPS) is 14.5. The fourth-order valence-corrected chi connectivity index (χ4v) is 4.67. The average molecular weight is 376 g/mol. The number of fused-ring (bicyclic) bond motifs is 1. The minimum atomic E-state index is -3.93. The van der Waals surface area contributed by atoms with Gasteiger partial charge >= 0.3 is 0 Å². The highest BCUT2D eigenvalue weighted by molar-refractivity contribution is 7.97. The highest BCUT2D eigenvalue weighted by Gasteiger charge is 2.40. The Bertz CT molecular complexity index is 1140. The smallest absolute Gasteiger partial charge is 0.269 e. The van der Waals surface area contributed by atoms with Crippen LogP contribution in [0.4, 0.5) is 11.4 Å². The van der Waals surface area contributed by atoms with Gasteiger partial charge in [-0.2, -0.15) is 0 Å². The first-order valence-electron chi connectivity index (χ1n) is 8.34. The van der Waals surface area contributed by atoms with Crippen molar-refractivity contribution >= 4 is 32.8 Å². The van der Waals surface area contributed by atoms with Gasteiger partial charge in [-0.15, -0.1) is 0 Å². The molecule has 1 amide bonds. The van der Waals surface area contributed by atoms with Crippen LogP contribution in [-0.4, -0.2) is 14.3 Å². The lowest BCUT2D eigenvalue weighted by molar-refractivity contribution is -0.112. The number of hydrogen-bond donors (Lipinski definition) is 2. The van der Waals surface area contributed by atoms with Gasteiger partial charge in [0.1, 0.15) is 0 Å². The molecule has 2 N–H and O–H groups in total. The summed E-state index contributed by atoms with van der Waals surface area (Å²) in [4.78, 5) is 12.8. The van der Waals surface area contributed by atoms with Crippen molar-refractivity contribution in [2.45, 2.75) is 4.90 Å². The molecule has 0 aromatic heterocycles. The van der Waals surface area contributed by atoms with E-state index in [9.17, 15) is 13.2 Å². The first-order chi connectivity index (χ1) is 13.1. The van der Waals surface area contributed by atoms with E-state index >= 15 is 0 Å². The predicted molar refractivity (Wildman–Crippen MR) is 106 cm³/mol. The monoisotopic (exact) mass is 376 g/mol. The van der Waals surface area contributed by atoms with Crippen molar-refractivity contribution in [1.29, 1.82) is 0 Å². The minimum Gasteiger partial charge on any atom is -0.354 e. The largest absolute Gasteiger partial charge is 0.354 e. The van der Waals surface area contributed by atoms with Crippen molar-refractivity contribution in [2.75, 3.05) is 10.6 Å². The van der Waals surface area contributed by atoms with E-state index in [2.05, 4.69) is 10.6 Å². The van der Waals surface area contributed by atoms with Gasteiger partial charge in [-0.25, -0.2) is 8.42 Å². The molecular weight excluding hydrogens is 360 g/mol. The van der Waals surface area contributed by atoms with Crippen LogP contribution in [0.2, 0.25) is 0 Å². The fourth-order valence-electron chi connectivity index (χ4n) is 3.01. The Morgan fingerprint density at radius 3 is 1.93 bits per heavy atom. The third kappa shape index (κ3) is 3.11.